The van der Waals surface area contributed by atoms with Gasteiger partial charge in [0.05, 0.1) is 33.9 Å². The van der Waals surface area contributed by atoms with Crippen molar-refractivity contribution in [2.75, 3.05) is 54.6 Å². The van der Waals surface area contributed by atoms with Crippen molar-refractivity contribution >= 4 is 11.9 Å². The number of carbonyl (C=O) groups is 1. The van der Waals surface area contributed by atoms with Gasteiger partial charge in [0.2, 0.25) is 0 Å². The van der Waals surface area contributed by atoms with Gasteiger partial charge >= 0.3 is 0 Å². The Labute approximate surface area is 155 Å². The van der Waals surface area contributed by atoms with Crippen LogP contribution in [0.2, 0.25) is 0 Å². The summed E-state index contributed by atoms with van der Waals surface area (Å²) in [4.78, 5) is 20.4. The number of piperidine rings is 1. The van der Waals surface area contributed by atoms with Crippen LogP contribution in [0.4, 0.5) is 0 Å². The Bertz CT molecular complexity index is 613. The molecule has 0 radical (unpaired) electrons. The van der Waals surface area contributed by atoms with E-state index in [1.807, 2.05) is 11.9 Å². The van der Waals surface area contributed by atoms with Gasteiger partial charge in [-0.05, 0) is 18.2 Å². The first-order chi connectivity index (χ1) is 12.5. The highest BCUT2D eigenvalue weighted by molar-refractivity contribution is 6.01. The van der Waals surface area contributed by atoms with Gasteiger partial charge in [-0.15, -0.1) is 0 Å². The van der Waals surface area contributed by atoms with Crippen molar-refractivity contribution in [2.24, 2.45) is 4.99 Å². The molecule has 26 heavy (non-hydrogen) atoms. The number of carbonyl (C=O) groups excluding carboxylic acids is 1. The average molecular weight is 364 g/mol. The van der Waals surface area contributed by atoms with E-state index in [4.69, 9.17) is 14.2 Å². The highest BCUT2D eigenvalue weighted by Gasteiger charge is 2.26. The molecule has 1 aliphatic rings. The topological polar surface area (TPSA) is 64.8 Å². The molecule has 1 saturated heterocycles. The predicted molar refractivity (Wildman–Crippen MR) is 100.0 cm³/mol. The third kappa shape index (κ3) is 5.71. The number of likely N-dealkylation sites (tertiary alicyclic amines) is 1. The minimum absolute atomic E-state index is 0.318. The van der Waals surface area contributed by atoms with Gasteiger partial charge in [0.1, 0.15) is 12.4 Å². The van der Waals surface area contributed by atoms with Gasteiger partial charge in [-0.25, -0.2) is 0 Å². The van der Waals surface area contributed by atoms with Gasteiger partial charge in [0, 0.05) is 38.6 Å². The standard InChI is InChI=1S/C19H29N3O4/c1-21-10-8-16(9-11-21)22(2)19(26-13-12-24-3)20-18(23)15-6-5-7-17(14-15)25-4/h5-7,14,16H,8-13H2,1-4H3/p+1. The van der Waals surface area contributed by atoms with Crippen LogP contribution in [0.5, 0.6) is 5.75 Å². The van der Waals surface area contributed by atoms with E-state index in [9.17, 15) is 4.79 Å². The van der Waals surface area contributed by atoms with Crippen molar-refractivity contribution < 1.29 is 23.9 Å². The fourth-order valence-electron chi connectivity index (χ4n) is 2.98. The molecule has 1 aromatic rings. The largest absolute Gasteiger partial charge is 0.497 e. The summed E-state index contributed by atoms with van der Waals surface area (Å²) in [6.45, 7) is 3.00. The molecule has 0 unspecified atom stereocenters. The van der Waals surface area contributed by atoms with Crippen LogP contribution in [0.25, 0.3) is 0 Å². The fraction of sp³-hybridized carbons (Fsp3) is 0.579. The molecule has 0 bridgehead atoms. The van der Waals surface area contributed by atoms with Crippen molar-refractivity contribution in [2.45, 2.75) is 18.9 Å². The lowest BCUT2D eigenvalue weighted by Crippen LogP contribution is -3.10. The van der Waals surface area contributed by atoms with Crippen LogP contribution in [0, 0.1) is 0 Å². The maximum atomic E-state index is 12.6. The van der Waals surface area contributed by atoms with Crippen LogP contribution < -0.4 is 9.64 Å². The van der Waals surface area contributed by atoms with E-state index >= 15 is 0 Å². The van der Waals surface area contributed by atoms with E-state index in [2.05, 4.69) is 12.0 Å². The second-order valence-corrected chi connectivity index (χ2v) is 6.57. The van der Waals surface area contributed by atoms with Crippen molar-refractivity contribution in [1.82, 2.24) is 4.90 Å². The smallest absolute Gasteiger partial charge is 0.295 e. The summed E-state index contributed by atoms with van der Waals surface area (Å²) in [5, 5.41) is 0. The summed E-state index contributed by atoms with van der Waals surface area (Å²) in [5.41, 5.74) is 0.471. The number of hydrogen-bond acceptors (Lipinski definition) is 4. The number of benzene rings is 1. The van der Waals surface area contributed by atoms with Gasteiger partial charge in [0.15, 0.2) is 0 Å². The molecular weight excluding hydrogens is 334 g/mol. The molecule has 7 heteroatoms. The fourth-order valence-corrected chi connectivity index (χ4v) is 2.98. The van der Waals surface area contributed by atoms with Crippen LogP contribution in [-0.4, -0.2) is 77.5 Å². The van der Waals surface area contributed by atoms with Gasteiger partial charge in [-0.2, -0.15) is 4.99 Å². The molecule has 1 aliphatic heterocycles. The molecule has 1 N–H and O–H groups in total. The minimum Gasteiger partial charge on any atom is -0.497 e. The number of hydrogen-bond donors (Lipinski definition) is 1. The van der Waals surface area contributed by atoms with E-state index in [0.29, 0.717) is 36.6 Å². The number of ether oxygens (including phenoxy) is 3. The van der Waals surface area contributed by atoms with E-state index < -0.39 is 0 Å². The average Bonchev–Trinajstić information content (AvgIpc) is 2.67. The SMILES string of the molecule is COCCOC(=NC(=O)c1cccc(OC)c1)N(C)C1CC[NH+](C)CC1. The van der Waals surface area contributed by atoms with E-state index in [-0.39, 0.29) is 5.91 Å². The molecular formula is C19H30N3O4+. The first-order valence-corrected chi connectivity index (χ1v) is 8.98. The van der Waals surface area contributed by atoms with Crippen LogP contribution in [0.15, 0.2) is 29.3 Å². The van der Waals surface area contributed by atoms with Gasteiger partial charge < -0.3 is 24.0 Å². The van der Waals surface area contributed by atoms with E-state index in [0.717, 1.165) is 25.9 Å². The maximum absolute atomic E-state index is 12.6. The lowest BCUT2D eigenvalue weighted by atomic mass is 10.0. The normalized spacial score (nSPS) is 20.5. The van der Waals surface area contributed by atoms with Crippen molar-refractivity contribution in [1.29, 1.82) is 0 Å². The number of quaternary nitrogens is 1. The molecule has 0 aromatic heterocycles. The lowest BCUT2D eigenvalue weighted by Gasteiger charge is -2.34. The Morgan fingerprint density at radius 3 is 2.65 bits per heavy atom. The second-order valence-electron chi connectivity index (χ2n) is 6.57. The van der Waals surface area contributed by atoms with Crippen LogP contribution in [0.3, 0.4) is 0 Å². The molecule has 144 valence electrons. The second kappa shape index (κ2) is 10.1. The van der Waals surface area contributed by atoms with Crippen LogP contribution >= 0.6 is 0 Å². The number of amidine groups is 1. The summed E-state index contributed by atoms with van der Waals surface area (Å²) in [7, 11) is 7.33. The molecule has 1 amide bonds. The monoisotopic (exact) mass is 364 g/mol. The Balaban J connectivity index is 2.15. The number of amides is 1. The molecule has 0 atom stereocenters. The molecule has 7 nitrogen and oxygen atoms in total. The molecule has 2 rings (SSSR count). The van der Waals surface area contributed by atoms with Crippen molar-refractivity contribution in [3.05, 3.63) is 29.8 Å². The molecule has 1 fully saturated rings. The zero-order valence-electron chi connectivity index (χ0n) is 16.2. The number of methoxy groups -OCH3 is 2. The third-order valence-corrected chi connectivity index (χ3v) is 4.69. The van der Waals surface area contributed by atoms with Crippen LogP contribution in [0.1, 0.15) is 23.2 Å². The number of nitrogens with one attached hydrogen (secondary N) is 1. The van der Waals surface area contributed by atoms with E-state index in [1.54, 1.807) is 38.5 Å². The molecule has 1 aromatic carbocycles. The van der Waals surface area contributed by atoms with Gasteiger partial charge in [-0.3, -0.25) is 4.79 Å². The quantitative estimate of drug-likeness (QED) is 0.451. The summed E-state index contributed by atoms with van der Waals surface area (Å²) >= 11 is 0. The summed E-state index contributed by atoms with van der Waals surface area (Å²) < 4.78 is 16.0. The summed E-state index contributed by atoms with van der Waals surface area (Å²) in [5.74, 6) is 0.279. The molecule has 0 aliphatic carbocycles. The third-order valence-electron chi connectivity index (χ3n) is 4.69. The zero-order valence-corrected chi connectivity index (χ0v) is 16.2. The predicted octanol–water partition coefficient (Wildman–Crippen LogP) is 0.463. The molecule has 0 saturated carbocycles. The maximum Gasteiger partial charge on any atom is 0.295 e. The number of nitrogens with zero attached hydrogens (tertiary/aromatic N) is 2. The van der Waals surface area contributed by atoms with Gasteiger partial charge in [-0.1, -0.05) is 6.07 Å². The van der Waals surface area contributed by atoms with E-state index in [1.165, 1.54) is 4.90 Å². The highest BCUT2D eigenvalue weighted by Crippen LogP contribution is 2.15. The first-order valence-electron chi connectivity index (χ1n) is 8.98. The summed E-state index contributed by atoms with van der Waals surface area (Å²) in [6, 6.07) is 7.63. The van der Waals surface area contributed by atoms with Crippen molar-refractivity contribution in [3.8, 4) is 5.75 Å². The Morgan fingerprint density at radius 2 is 2.00 bits per heavy atom. The van der Waals surface area contributed by atoms with Crippen molar-refractivity contribution in [3.63, 3.8) is 0 Å². The number of rotatable bonds is 6. The molecule has 1 heterocycles. The lowest BCUT2D eigenvalue weighted by molar-refractivity contribution is -0.885. The summed E-state index contributed by atoms with van der Waals surface area (Å²) in [6.07, 6.45) is 2.09. The highest BCUT2D eigenvalue weighted by atomic mass is 16.5. The van der Waals surface area contributed by atoms with Gasteiger partial charge in [0.25, 0.3) is 11.9 Å². The minimum atomic E-state index is -0.346. The molecule has 0 spiro atoms. The number of aliphatic imine (C=N–C) groups is 1. The zero-order chi connectivity index (χ0) is 18.9. The first kappa shape index (κ1) is 20.2. The van der Waals surface area contributed by atoms with Crippen LogP contribution in [-0.2, 0) is 9.47 Å². The Morgan fingerprint density at radius 1 is 1.27 bits per heavy atom. The Hall–Kier alpha value is -2.12. The Kier molecular flexibility index (Phi) is 7.87.